The standard InChI is InChI=1S/C36H44O11/c1-9-19(4)30(41)47-36-27(39)26-21(10-12-32(5)22(26)14-25(38)45-28(32)20-11-13-44-16-20)34(7)23(15-24(37)43-8)33(6,17-35(34,36)42)31(36)46-29(40)18(2)3/h11,13-14,16,18-19,23,28,31,42H,9-10,12,15,17H2,1-8H3/t19-,23-,28-,31-,32+,33-,34+,35+,36+/m0/s1. The molecule has 6 rings (SSSR count). The van der Waals surface area contributed by atoms with E-state index in [1.807, 2.05) is 6.92 Å². The number of aliphatic hydroxyl groups is 1. The molecular weight excluding hydrogens is 608 g/mol. The van der Waals surface area contributed by atoms with Crippen molar-refractivity contribution < 1.29 is 52.4 Å². The molecular formula is C36H44O11. The third-order valence-corrected chi connectivity index (χ3v) is 12.3. The third kappa shape index (κ3) is 4.04. The SMILES string of the molecule is CC[C@H](C)C(=O)O[C@@]12C(=O)C3=C(CC[C@]4(C)C3=CC(=O)O[C@H]4c3ccoc3)[C@]3(C)[C@@H](CC(=O)OC)[C@](C)(C[C@]13O)[C@@H]2OC(=O)C(C)C. The highest BCUT2D eigenvalue weighted by Gasteiger charge is 2.91. The van der Waals surface area contributed by atoms with Gasteiger partial charge in [0.1, 0.15) is 11.7 Å². The van der Waals surface area contributed by atoms with Gasteiger partial charge >= 0.3 is 23.9 Å². The van der Waals surface area contributed by atoms with Gasteiger partial charge in [0.25, 0.3) is 0 Å². The Morgan fingerprint density at radius 3 is 2.40 bits per heavy atom. The van der Waals surface area contributed by atoms with E-state index < -0.39 is 87.1 Å². The number of carbonyl (C=O) groups is 5. The number of esters is 4. The van der Waals surface area contributed by atoms with Crippen molar-refractivity contribution in [1.82, 2.24) is 0 Å². The molecule has 254 valence electrons. The number of carbonyl (C=O) groups excluding carboxylic acids is 5. The highest BCUT2D eigenvalue weighted by molar-refractivity contribution is 6.12. The van der Waals surface area contributed by atoms with Crippen LogP contribution in [0.1, 0.15) is 92.2 Å². The number of cyclic esters (lactones) is 1. The Morgan fingerprint density at radius 2 is 1.81 bits per heavy atom. The maximum atomic E-state index is 15.5. The topological polar surface area (TPSA) is 156 Å². The first kappa shape index (κ1) is 33.2. The number of furan rings is 1. The zero-order valence-electron chi connectivity index (χ0n) is 28.3. The largest absolute Gasteiger partial charge is 0.472 e. The summed E-state index contributed by atoms with van der Waals surface area (Å²) in [6.07, 6.45) is 2.96. The van der Waals surface area contributed by atoms with Crippen LogP contribution < -0.4 is 0 Å². The Kier molecular flexibility index (Phi) is 7.51. The summed E-state index contributed by atoms with van der Waals surface area (Å²) in [5, 5.41) is 13.2. The summed E-state index contributed by atoms with van der Waals surface area (Å²) >= 11 is 0. The van der Waals surface area contributed by atoms with Crippen molar-refractivity contribution in [2.45, 2.75) is 104 Å². The van der Waals surface area contributed by atoms with Gasteiger partial charge in [-0.3, -0.25) is 19.2 Å². The first-order valence-corrected chi connectivity index (χ1v) is 16.4. The van der Waals surface area contributed by atoms with Crippen LogP contribution in [0.5, 0.6) is 0 Å². The molecule has 0 radical (unpaired) electrons. The van der Waals surface area contributed by atoms with Crippen molar-refractivity contribution in [1.29, 1.82) is 0 Å². The molecule has 2 bridgehead atoms. The summed E-state index contributed by atoms with van der Waals surface area (Å²) in [6, 6.07) is 1.70. The van der Waals surface area contributed by atoms with E-state index in [-0.39, 0.29) is 18.4 Å². The molecule has 0 saturated heterocycles. The van der Waals surface area contributed by atoms with Crippen LogP contribution >= 0.6 is 0 Å². The molecule has 11 nitrogen and oxygen atoms in total. The van der Waals surface area contributed by atoms with Crippen molar-refractivity contribution in [3.8, 4) is 0 Å². The molecule has 1 N–H and O–H groups in total. The van der Waals surface area contributed by atoms with Gasteiger partial charge in [-0.1, -0.05) is 48.5 Å². The van der Waals surface area contributed by atoms with Crippen LogP contribution in [0.3, 0.4) is 0 Å². The van der Waals surface area contributed by atoms with E-state index >= 15 is 4.79 Å². The van der Waals surface area contributed by atoms with Crippen LogP contribution in [0.15, 0.2) is 45.8 Å². The van der Waals surface area contributed by atoms with Crippen LogP contribution in [-0.4, -0.2) is 59.2 Å². The number of ketones is 1. The van der Waals surface area contributed by atoms with E-state index in [0.29, 0.717) is 36.0 Å². The summed E-state index contributed by atoms with van der Waals surface area (Å²) in [7, 11) is 1.28. The van der Waals surface area contributed by atoms with Gasteiger partial charge in [-0.25, -0.2) is 4.79 Å². The summed E-state index contributed by atoms with van der Waals surface area (Å²) in [5.41, 5.74) is -6.12. The molecule has 0 unspecified atom stereocenters. The molecule has 0 amide bonds. The second-order valence-corrected chi connectivity index (χ2v) is 15.0. The molecule has 11 heteroatoms. The van der Waals surface area contributed by atoms with Crippen molar-refractivity contribution in [2.75, 3.05) is 7.11 Å². The van der Waals surface area contributed by atoms with Crippen molar-refractivity contribution in [3.05, 3.63) is 47.0 Å². The van der Waals surface area contributed by atoms with Crippen LogP contribution in [-0.2, 0) is 42.9 Å². The number of fused-ring (bicyclic) bond motifs is 4. The molecule has 2 fully saturated rings. The minimum absolute atomic E-state index is 0.0828. The lowest BCUT2D eigenvalue weighted by atomic mass is 9.43. The van der Waals surface area contributed by atoms with Crippen molar-refractivity contribution >= 4 is 29.7 Å². The van der Waals surface area contributed by atoms with Gasteiger partial charge in [0.15, 0.2) is 6.10 Å². The van der Waals surface area contributed by atoms with Crippen LogP contribution in [0.4, 0.5) is 0 Å². The van der Waals surface area contributed by atoms with E-state index in [1.165, 1.54) is 25.7 Å². The molecule has 2 saturated carbocycles. The number of rotatable bonds is 8. The second-order valence-electron chi connectivity index (χ2n) is 15.0. The zero-order valence-corrected chi connectivity index (χ0v) is 28.3. The molecule has 0 spiro atoms. The smallest absolute Gasteiger partial charge is 0.331 e. The van der Waals surface area contributed by atoms with Gasteiger partial charge in [-0.2, -0.15) is 0 Å². The number of Topliss-reactive ketones (excluding diaryl/α,β-unsaturated/α-hetero) is 1. The fourth-order valence-electron chi connectivity index (χ4n) is 9.64. The quantitative estimate of drug-likeness (QED) is 0.306. The van der Waals surface area contributed by atoms with E-state index in [9.17, 15) is 24.3 Å². The lowest BCUT2D eigenvalue weighted by Gasteiger charge is -2.63. The Hall–Kier alpha value is -3.73. The van der Waals surface area contributed by atoms with E-state index in [4.69, 9.17) is 23.4 Å². The van der Waals surface area contributed by atoms with Crippen LogP contribution in [0.25, 0.3) is 0 Å². The first-order chi connectivity index (χ1) is 22.0. The van der Waals surface area contributed by atoms with E-state index in [1.54, 1.807) is 47.6 Å². The third-order valence-electron chi connectivity index (χ3n) is 12.3. The second kappa shape index (κ2) is 10.6. The molecule has 4 aliphatic carbocycles. The lowest BCUT2D eigenvalue weighted by Crippen LogP contribution is -2.78. The first-order valence-electron chi connectivity index (χ1n) is 16.4. The predicted molar refractivity (Wildman–Crippen MR) is 164 cm³/mol. The van der Waals surface area contributed by atoms with Gasteiger partial charge in [0, 0.05) is 39.9 Å². The average Bonchev–Trinajstić information content (AvgIpc) is 3.67. The number of methoxy groups -OCH3 is 1. The minimum atomic E-state index is -2.36. The number of ether oxygens (including phenoxy) is 4. The minimum Gasteiger partial charge on any atom is -0.472 e. The molecule has 0 aromatic carbocycles. The van der Waals surface area contributed by atoms with Gasteiger partial charge in [0.2, 0.25) is 11.4 Å². The molecule has 1 aliphatic heterocycles. The molecule has 9 atom stereocenters. The zero-order chi connectivity index (χ0) is 34.5. The fraction of sp³-hybridized carbons (Fsp3) is 0.639. The van der Waals surface area contributed by atoms with Crippen molar-refractivity contribution in [3.63, 3.8) is 0 Å². The molecule has 1 aromatic rings. The molecule has 2 heterocycles. The number of hydrogen-bond acceptors (Lipinski definition) is 11. The summed E-state index contributed by atoms with van der Waals surface area (Å²) in [4.78, 5) is 69.1. The monoisotopic (exact) mass is 652 g/mol. The van der Waals surface area contributed by atoms with Gasteiger partial charge in [0.05, 0.1) is 31.5 Å². The van der Waals surface area contributed by atoms with E-state index in [2.05, 4.69) is 0 Å². The predicted octanol–water partition coefficient (Wildman–Crippen LogP) is 4.72. The van der Waals surface area contributed by atoms with Gasteiger partial charge < -0.3 is 28.5 Å². The fourth-order valence-corrected chi connectivity index (χ4v) is 9.64. The Morgan fingerprint density at radius 1 is 1.11 bits per heavy atom. The Labute approximate surface area is 274 Å². The van der Waals surface area contributed by atoms with Gasteiger partial charge in [-0.05, 0) is 48.8 Å². The van der Waals surface area contributed by atoms with Crippen molar-refractivity contribution in [2.24, 2.45) is 34.0 Å². The van der Waals surface area contributed by atoms with Crippen LogP contribution in [0.2, 0.25) is 0 Å². The highest BCUT2D eigenvalue weighted by atomic mass is 16.6. The lowest BCUT2D eigenvalue weighted by molar-refractivity contribution is -0.262. The maximum Gasteiger partial charge on any atom is 0.331 e. The molecule has 5 aliphatic rings. The summed E-state index contributed by atoms with van der Waals surface area (Å²) in [5.74, 6) is -5.25. The Bertz CT molecular complexity index is 1620. The highest BCUT2D eigenvalue weighted by Crippen LogP contribution is 2.80. The average molecular weight is 653 g/mol. The summed E-state index contributed by atoms with van der Waals surface area (Å²) in [6.45, 7) is 12.2. The van der Waals surface area contributed by atoms with Gasteiger partial charge in [-0.15, -0.1) is 0 Å². The maximum absolute atomic E-state index is 15.5. The molecule has 1 aromatic heterocycles. The Balaban J connectivity index is 1.67. The van der Waals surface area contributed by atoms with Crippen LogP contribution in [0, 0.1) is 34.0 Å². The number of hydrogen-bond donors (Lipinski definition) is 1. The normalized spacial score (nSPS) is 39.1. The molecule has 47 heavy (non-hydrogen) atoms. The van der Waals surface area contributed by atoms with E-state index in [0.717, 1.165) is 0 Å². The summed E-state index contributed by atoms with van der Waals surface area (Å²) < 4.78 is 28.8.